The van der Waals surface area contributed by atoms with Gasteiger partial charge < -0.3 is 21.1 Å². The van der Waals surface area contributed by atoms with E-state index in [1.807, 2.05) is 71.1 Å². The number of anilines is 1. The summed E-state index contributed by atoms with van der Waals surface area (Å²) >= 11 is 0. The van der Waals surface area contributed by atoms with Gasteiger partial charge in [-0.25, -0.2) is 14.6 Å². The Morgan fingerprint density at radius 2 is 1.84 bits per heavy atom. The third-order valence-electron chi connectivity index (χ3n) is 7.22. The zero-order valence-electron chi connectivity index (χ0n) is 21.2. The van der Waals surface area contributed by atoms with Crippen molar-refractivity contribution in [3.63, 3.8) is 0 Å². The molecule has 0 bridgehead atoms. The molecule has 4 N–H and O–H groups in total. The van der Waals surface area contributed by atoms with Gasteiger partial charge in [-0.15, -0.1) is 0 Å². The quantitative estimate of drug-likeness (QED) is 0.386. The lowest BCUT2D eigenvalue weighted by molar-refractivity contribution is -0.135. The number of likely N-dealkylation sites (tertiary alicyclic amines) is 1. The number of carbonyl (C=O) groups excluding carboxylic acids is 1. The summed E-state index contributed by atoms with van der Waals surface area (Å²) in [6.45, 7) is 5.31. The molecule has 1 fully saturated rings. The largest absolute Gasteiger partial charge is 0.457 e. The number of amides is 1. The number of para-hydroxylation sites is 1. The van der Waals surface area contributed by atoms with Crippen LogP contribution in [0, 0.1) is 5.92 Å². The van der Waals surface area contributed by atoms with Crippen molar-refractivity contribution in [2.24, 2.45) is 11.7 Å². The maximum Gasteiger partial charge on any atom is 0.239 e. The van der Waals surface area contributed by atoms with Gasteiger partial charge in [-0.2, -0.15) is 5.10 Å². The Kier molecular flexibility index (Phi) is 7.05. The van der Waals surface area contributed by atoms with E-state index in [4.69, 9.17) is 21.3 Å². The number of hydrogen-bond donors (Lipinski definition) is 2. The molecule has 0 aliphatic carbocycles. The van der Waals surface area contributed by atoms with E-state index in [1.165, 1.54) is 6.33 Å². The van der Waals surface area contributed by atoms with Crippen molar-refractivity contribution in [2.75, 3.05) is 18.8 Å². The zero-order valence-corrected chi connectivity index (χ0v) is 21.2. The summed E-state index contributed by atoms with van der Waals surface area (Å²) in [5, 5.41) is 5.68. The molecule has 4 aromatic rings. The minimum Gasteiger partial charge on any atom is -0.457 e. The van der Waals surface area contributed by atoms with Gasteiger partial charge in [0.15, 0.2) is 5.65 Å². The standard InChI is InChI=1S/C28H33N7O2/c1-3-18(2)24(29)28(36)34-15-7-8-20(16-34)35-27-23(26(30)31-17-32-27)25(33-35)19-11-13-22(14-12-19)37-21-9-5-4-6-10-21/h4-6,9-14,17-18,20,24H,3,7-8,15-16,29H2,1-2H3,(H2,30,31,32)/t18-,20-,24?/m1/s1. The van der Waals surface area contributed by atoms with E-state index in [0.717, 1.165) is 36.3 Å². The van der Waals surface area contributed by atoms with E-state index in [2.05, 4.69) is 16.9 Å². The van der Waals surface area contributed by atoms with Gasteiger partial charge in [0, 0.05) is 18.7 Å². The van der Waals surface area contributed by atoms with Crippen LogP contribution in [0.2, 0.25) is 0 Å². The lowest BCUT2D eigenvalue weighted by Gasteiger charge is -2.35. The Labute approximate surface area is 216 Å². The summed E-state index contributed by atoms with van der Waals surface area (Å²) in [5.41, 5.74) is 14.9. The smallest absolute Gasteiger partial charge is 0.239 e. The second kappa shape index (κ2) is 10.6. The first kappa shape index (κ1) is 24.7. The van der Waals surface area contributed by atoms with Gasteiger partial charge in [-0.3, -0.25) is 4.79 Å². The van der Waals surface area contributed by atoms with E-state index < -0.39 is 6.04 Å². The predicted molar refractivity (Wildman–Crippen MR) is 144 cm³/mol. The first-order valence-electron chi connectivity index (χ1n) is 12.8. The molecule has 9 nitrogen and oxygen atoms in total. The minimum absolute atomic E-state index is 0.00104. The number of nitrogens with zero attached hydrogens (tertiary/aromatic N) is 5. The Hall–Kier alpha value is -3.98. The number of fused-ring (bicyclic) bond motifs is 1. The van der Waals surface area contributed by atoms with Crippen molar-refractivity contribution in [1.82, 2.24) is 24.6 Å². The first-order valence-corrected chi connectivity index (χ1v) is 12.8. The molecule has 2 aromatic carbocycles. The highest BCUT2D eigenvalue weighted by Gasteiger charge is 2.32. The fourth-order valence-corrected chi connectivity index (χ4v) is 4.82. The molecule has 3 heterocycles. The first-order chi connectivity index (χ1) is 18.0. The summed E-state index contributed by atoms with van der Waals surface area (Å²) in [7, 11) is 0. The van der Waals surface area contributed by atoms with Crippen molar-refractivity contribution < 1.29 is 9.53 Å². The Morgan fingerprint density at radius 1 is 1.11 bits per heavy atom. The highest BCUT2D eigenvalue weighted by molar-refractivity contribution is 5.98. The molecular weight excluding hydrogens is 466 g/mol. The molecule has 2 aromatic heterocycles. The number of hydrogen-bond acceptors (Lipinski definition) is 7. The maximum absolute atomic E-state index is 13.1. The maximum atomic E-state index is 13.1. The van der Waals surface area contributed by atoms with Crippen LogP contribution in [-0.4, -0.2) is 49.7 Å². The average Bonchev–Trinajstić information content (AvgIpc) is 3.34. The third-order valence-corrected chi connectivity index (χ3v) is 7.22. The molecule has 192 valence electrons. The van der Waals surface area contributed by atoms with Crippen LogP contribution >= 0.6 is 0 Å². The van der Waals surface area contributed by atoms with Gasteiger partial charge in [-0.05, 0) is 55.2 Å². The average molecular weight is 500 g/mol. The van der Waals surface area contributed by atoms with Gasteiger partial charge in [0.1, 0.15) is 29.3 Å². The summed E-state index contributed by atoms with van der Waals surface area (Å²) in [6.07, 6.45) is 4.07. The van der Waals surface area contributed by atoms with Crippen LogP contribution in [0.3, 0.4) is 0 Å². The van der Waals surface area contributed by atoms with Crippen LogP contribution < -0.4 is 16.2 Å². The van der Waals surface area contributed by atoms with Gasteiger partial charge >= 0.3 is 0 Å². The molecule has 0 radical (unpaired) electrons. The molecule has 1 aliphatic rings. The van der Waals surface area contributed by atoms with Crippen LogP contribution in [-0.2, 0) is 4.79 Å². The van der Waals surface area contributed by atoms with E-state index in [0.29, 0.717) is 35.6 Å². The molecule has 1 aliphatic heterocycles. The fraction of sp³-hybridized carbons (Fsp3) is 0.357. The van der Waals surface area contributed by atoms with Gasteiger partial charge in [-0.1, -0.05) is 38.5 Å². The third kappa shape index (κ3) is 4.99. The second-order valence-electron chi connectivity index (χ2n) is 9.68. The van der Waals surface area contributed by atoms with E-state index >= 15 is 0 Å². The minimum atomic E-state index is -0.497. The number of nitrogen functional groups attached to an aromatic ring is 1. The van der Waals surface area contributed by atoms with Crippen LogP contribution in [0.4, 0.5) is 5.82 Å². The normalized spacial score (nSPS) is 17.5. The van der Waals surface area contributed by atoms with Crippen LogP contribution in [0.25, 0.3) is 22.3 Å². The van der Waals surface area contributed by atoms with Gasteiger partial charge in [0.05, 0.1) is 17.5 Å². The summed E-state index contributed by atoms with van der Waals surface area (Å²) in [4.78, 5) is 23.7. The number of aromatic nitrogens is 4. The van der Waals surface area contributed by atoms with E-state index in [-0.39, 0.29) is 17.9 Å². The van der Waals surface area contributed by atoms with Gasteiger partial charge in [0.25, 0.3) is 0 Å². The van der Waals surface area contributed by atoms with Crippen LogP contribution in [0.15, 0.2) is 60.9 Å². The highest BCUT2D eigenvalue weighted by atomic mass is 16.5. The lowest BCUT2D eigenvalue weighted by Crippen LogP contribution is -2.50. The molecular formula is C28H33N7O2. The Morgan fingerprint density at radius 3 is 2.57 bits per heavy atom. The summed E-state index contributed by atoms with van der Waals surface area (Å²) in [6, 6.07) is 16.8. The molecule has 37 heavy (non-hydrogen) atoms. The second-order valence-corrected chi connectivity index (χ2v) is 9.68. The van der Waals surface area contributed by atoms with Crippen LogP contribution in [0.5, 0.6) is 11.5 Å². The van der Waals surface area contributed by atoms with Crippen LogP contribution in [0.1, 0.15) is 39.2 Å². The monoisotopic (exact) mass is 499 g/mol. The topological polar surface area (TPSA) is 125 Å². The number of ether oxygens (including phenoxy) is 1. The Balaban J connectivity index is 1.44. The van der Waals surface area contributed by atoms with E-state index in [9.17, 15) is 4.79 Å². The fourth-order valence-electron chi connectivity index (χ4n) is 4.82. The molecule has 0 spiro atoms. The highest BCUT2D eigenvalue weighted by Crippen LogP contribution is 2.35. The molecule has 1 saturated heterocycles. The number of carbonyl (C=O) groups is 1. The SMILES string of the molecule is CC[C@@H](C)C(N)C(=O)N1CCC[C@@H](n2nc(-c3ccc(Oc4ccccc4)cc3)c3c(N)ncnc32)C1. The molecule has 1 amide bonds. The number of benzene rings is 2. The number of nitrogens with two attached hydrogens (primary N) is 2. The van der Waals surface area contributed by atoms with Crippen molar-refractivity contribution in [2.45, 2.75) is 45.2 Å². The molecule has 3 atom stereocenters. The summed E-state index contributed by atoms with van der Waals surface area (Å²) < 4.78 is 7.84. The molecule has 1 unspecified atom stereocenters. The number of rotatable bonds is 7. The van der Waals surface area contributed by atoms with Crippen molar-refractivity contribution in [3.05, 3.63) is 60.9 Å². The molecule has 5 rings (SSSR count). The number of piperidine rings is 1. The van der Waals surface area contributed by atoms with Gasteiger partial charge in [0.2, 0.25) is 5.91 Å². The van der Waals surface area contributed by atoms with Crippen molar-refractivity contribution >= 4 is 22.8 Å². The lowest BCUT2D eigenvalue weighted by atomic mass is 9.97. The zero-order chi connectivity index (χ0) is 25.9. The van der Waals surface area contributed by atoms with Crippen molar-refractivity contribution in [1.29, 1.82) is 0 Å². The molecule has 0 saturated carbocycles. The predicted octanol–water partition coefficient (Wildman–Crippen LogP) is 4.40. The molecule has 9 heteroatoms. The van der Waals surface area contributed by atoms with Crippen molar-refractivity contribution in [3.8, 4) is 22.8 Å². The summed E-state index contributed by atoms with van der Waals surface area (Å²) in [5.74, 6) is 2.00. The van der Waals surface area contributed by atoms with E-state index in [1.54, 1.807) is 0 Å². The Bertz CT molecular complexity index is 1370.